The first-order valence-electron chi connectivity index (χ1n) is 13.4. The number of carbonyl (C=O) groups is 2. The van der Waals surface area contributed by atoms with Gasteiger partial charge in [-0.2, -0.15) is 17.6 Å². The van der Waals surface area contributed by atoms with Crippen LogP contribution >= 0.6 is 22.7 Å². The minimum atomic E-state index is -5.37. The average molecular weight is 619 g/mol. The van der Waals surface area contributed by atoms with E-state index in [4.69, 9.17) is 0 Å². The van der Waals surface area contributed by atoms with E-state index in [1.54, 1.807) is 34.9 Å². The van der Waals surface area contributed by atoms with Crippen LogP contribution in [0.5, 0.6) is 0 Å². The lowest BCUT2D eigenvalue weighted by Gasteiger charge is -2.23. The molecule has 0 spiro atoms. The number of alkyl halides is 4. The molecule has 2 aromatic carbocycles. The van der Waals surface area contributed by atoms with Gasteiger partial charge in [-0.15, -0.1) is 22.7 Å². The van der Waals surface area contributed by atoms with Gasteiger partial charge >= 0.3 is 23.7 Å². The maximum atomic E-state index is 14.7. The van der Waals surface area contributed by atoms with Crippen LogP contribution in [-0.4, -0.2) is 33.6 Å². The third-order valence-corrected chi connectivity index (χ3v) is 8.71. The first-order chi connectivity index (χ1) is 19.9. The Bertz CT molecular complexity index is 1420. The number of hydrogen-bond acceptors (Lipinski definition) is 6. The maximum Gasteiger partial charge on any atom is 0.396 e. The second-order valence-corrected chi connectivity index (χ2v) is 11.7. The van der Waals surface area contributed by atoms with Crippen LogP contribution < -0.4 is 10.6 Å². The molecule has 0 bridgehead atoms. The van der Waals surface area contributed by atoms with Gasteiger partial charge in [0.25, 0.3) is 0 Å². The zero-order valence-corrected chi connectivity index (χ0v) is 25.0. The van der Waals surface area contributed by atoms with Crippen LogP contribution in [0.25, 0.3) is 22.5 Å². The summed E-state index contributed by atoms with van der Waals surface area (Å²) >= 11 is 1.60. The van der Waals surface area contributed by atoms with Crippen molar-refractivity contribution in [1.82, 2.24) is 9.97 Å². The van der Waals surface area contributed by atoms with Gasteiger partial charge in [-0.05, 0) is 35.8 Å². The van der Waals surface area contributed by atoms with Crippen LogP contribution in [0, 0.1) is 0 Å². The molecule has 4 rings (SSSR count). The lowest BCUT2D eigenvalue weighted by Crippen LogP contribution is -2.56. The minimum Gasteiger partial charge on any atom is -0.296 e. The number of nitrogens with one attached hydrogen (secondary N) is 2. The molecular weight excluding hydrogens is 588 g/mol. The number of hydrogen-bond donors (Lipinski definition) is 2. The summed E-state index contributed by atoms with van der Waals surface area (Å²) in [5.41, 5.74) is 4.35. The summed E-state index contributed by atoms with van der Waals surface area (Å²) in [6.07, 6.45) is 1.92. The van der Waals surface area contributed by atoms with Crippen LogP contribution in [0.2, 0.25) is 0 Å². The fraction of sp³-hybridized carbons (Fsp3) is 0.333. The number of carbonyl (C=O) groups excluding carboxylic acids is 2. The van der Waals surface area contributed by atoms with Crippen molar-refractivity contribution >= 4 is 44.8 Å². The van der Waals surface area contributed by atoms with Gasteiger partial charge in [0.2, 0.25) is 0 Å². The molecule has 4 aromatic rings. The van der Waals surface area contributed by atoms with E-state index in [0.717, 1.165) is 46.6 Å². The Morgan fingerprint density at radius 1 is 0.690 bits per heavy atom. The van der Waals surface area contributed by atoms with E-state index in [1.165, 1.54) is 10.8 Å². The Morgan fingerprint density at radius 2 is 1.02 bits per heavy atom. The van der Waals surface area contributed by atoms with Gasteiger partial charge in [-0.25, -0.2) is 9.97 Å². The molecule has 0 aliphatic rings. The van der Waals surface area contributed by atoms with E-state index in [2.05, 4.69) is 37.7 Å². The second-order valence-electron chi connectivity index (χ2n) is 10.00. The molecule has 2 aromatic heterocycles. The van der Waals surface area contributed by atoms with Gasteiger partial charge in [-0.3, -0.25) is 20.2 Å². The fourth-order valence-corrected chi connectivity index (χ4v) is 5.43. The Hall–Kier alpha value is -3.64. The zero-order valence-electron chi connectivity index (χ0n) is 23.4. The molecule has 2 heterocycles. The highest BCUT2D eigenvalue weighted by atomic mass is 32.1. The monoisotopic (exact) mass is 618 g/mol. The number of anilines is 2. The minimum absolute atomic E-state index is 0.305. The molecule has 0 saturated carbocycles. The van der Waals surface area contributed by atoms with Crippen molar-refractivity contribution in [3.8, 4) is 22.5 Å². The maximum absolute atomic E-state index is 14.7. The third-order valence-electron chi connectivity index (χ3n) is 7.19. The number of benzene rings is 2. The van der Waals surface area contributed by atoms with E-state index >= 15 is 0 Å². The highest BCUT2D eigenvalue weighted by Crippen LogP contribution is 2.38. The number of nitrogens with zero attached hydrogens (tertiary/aromatic N) is 2. The molecule has 2 amide bonds. The molecule has 222 valence electrons. The number of halogens is 4. The highest BCUT2D eigenvalue weighted by molar-refractivity contribution is 7.14. The van der Waals surface area contributed by atoms with Gasteiger partial charge in [-0.1, -0.05) is 76.2 Å². The van der Waals surface area contributed by atoms with E-state index < -0.39 is 23.7 Å². The molecule has 2 atom stereocenters. The summed E-state index contributed by atoms with van der Waals surface area (Å²) in [4.78, 5) is 32.7. The average Bonchev–Trinajstić information content (AvgIpc) is 3.66. The molecule has 2 unspecified atom stereocenters. The SMILES string of the molecule is CCC(C)c1ccc(-c2csc(NC(=O)C(F)(F)C(F)(F)C(=O)Nc3nc(-c4ccc(C(C)CC)cc4)cs3)n2)cc1. The third kappa shape index (κ3) is 6.54. The van der Waals surface area contributed by atoms with Crippen molar-refractivity contribution in [1.29, 1.82) is 0 Å². The lowest BCUT2D eigenvalue weighted by atomic mass is 9.97. The summed E-state index contributed by atoms with van der Waals surface area (Å²) in [6, 6.07) is 14.9. The number of amides is 2. The molecule has 0 fully saturated rings. The molecule has 0 radical (unpaired) electrons. The standard InChI is InChI=1S/C30H30F4N4O2S2/c1-5-17(3)19-7-11-21(12-8-19)23-15-41-27(35-23)37-25(39)29(31,32)30(33,34)26(40)38-28-36-24(16-42-28)22-13-9-20(10-14-22)18(4)6-2/h7-18H,5-6H2,1-4H3,(H,35,37,39)(H,36,38,40). The van der Waals surface area contributed by atoms with E-state index in [0.29, 0.717) is 34.4 Å². The van der Waals surface area contributed by atoms with Crippen molar-refractivity contribution in [3.63, 3.8) is 0 Å². The van der Waals surface area contributed by atoms with E-state index in [-0.39, 0.29) is 10.3 Å². The summed E-state index contributed by atoms with van der Waals surface area (Å²) in [5, 5.41) is 5.86. The Morgan fingerprint density at radius 3 is 1.33 bits per heavy atom. The van der Waals surface area contributed by atoms with E-state index in [1.807, 2.05) is 24.3 Å². The largest absolute Gasteiger partial charge is 0.396 e. The van der Waals surface area contributed by atoms with Crippen molar-refractivity contribution < 1.29 is 27.2 Å². The van der Waals surface area contributed by atoms with Crippen molar-refractivity contribution in [2.24, 2.45) is 0 Å². The lowest BCUT2D eigenvalue weighted by molar-refractivity contribution is -0.204. The van der Waals surface area contributed by atoms with E-state index in [9.17, 15) is 27.2 Å². The summed E-state index contributed by atoms with van der Waals surface area (Å²) in [6.45, 7) is 8.31. The van der Waals surface area contributed by atoms with Crippen LogP contribution in [0.4, 0.5) is 27.8 Å². The molecule has 0 saturated heterocycles. The smallest absolute Gasteiger partial charge is 0.296 e. The van der Waals surface area contributed by atoms with Gasteiger partial charge in [0.1, 0.15) is 0 Å². The fourth-order valence-electron chi connectivity index (χ4n) is 4.00. The topological polar surface area (TPSA) is 84.0 Å². The molecule has 0 aliphatic carbocycles. The first-order valence-corrected chi connectivity index (χ1v) is 15.1. The van der Waals surface area contributed by atoms with Crippen molar-refractivity contribution in [3.05, 3.63) is 70.4 Å². The normalized spacial score (nSPS) is 13.4. The van der Waals surface area contributed by atoms with Crippen molar-refractivity contribution in [2.45, 2.75) is 64.2 Å². The summed E-state index contributed by atoms with van der Waals surface area (Å²) in [5.74, 6) is -14.7. The Labute approximate surface area is 249 Å². The van der Waals surface area contributed by atoms with Crippen LogP contribution in [-0.2, 0) is 9.59 Å². The molecule has 12 heteroatoms. The molecule has 2 N–H and O–H groups in total. The predicted octanol–water partition coefficient (Wildman–Crippen LogP) is 8.81. The molecular formula is C30H30F4N4O2S2. The van der Waals surface area contributed by atoms with Crippen LogP contribution in [0.3, 0.4) is 0 Å². The van der Waals surface area contributed by atoms with Crippen LogP contribution in [0.1, 0.15) is 63.5 Å². The number of aromatic nitrogens is 2. The van der Waals surface area contributed by atoms with Gasteiger partial charge in [0.15, 0.2) is 10.3 Å². The predicted molar refractivity (Wildman–Crippen MR) is 160 cm³/mol. The summed E-state index contributed by atoms with van der Waals surface area (Å²) < 4.78 is 58.6. The molecule has 0 aliphatic heterocycles. The van der Waals surface area contributed by atoms with Crippen LogP contribution in [0.15, 0.2) is 59.3 Å². The number of thiazole rings is 2. The molecule has 6 nitrogen and oxygen atoms in total. The highest BCUT2D eigenvalue weighted by Gasteiger charge is 2.67. The molecule has 42 heavy (non-hydrogen) atoms. The zero-order chi connectivity index (χ0) is 30.7. The number of rotatable bonds is 11. The Balaban J connectivity index is 1.41. The van der Waals surface area contributed by atoms with Gasteiger partial charge in [0, 0.05) is 21.9 Å². The van der Waals surface area contributed by atoms with Gasteiger partial charge < -0.3 is 0 Å². The Kier molecular flexibility index (Phi) is 9.47. The summed E-state index contributed by atoms with van der Waals surface area (Å²) in [7, 11) is 0. The van der Waals surface area contributed by atoms with Gasteiger partial charge in [0.05, 0.1) is 11.4 Å². The first kappa shape index (κ1) is 31.3. The second kappa shape index (κ2) is 12.7. The quantitative estimate of drug-likeness (QED) is 0.165. The van der Waals surface area contributed by atoms with Crippen molar-refractivity contribution in [2.75, 3.05) is 10.6 Å².